The van der Waals surface area contributed by atoms with Crippen molar-refractivity contribution in [3.63, 3.8) is 0 Å². The normalized spacial score (nSPS) is 9.33. The van der Waals surface area contributed by atoms with Crippen molar-refractivity contribution < 1.29 is 9.90 Å². The molecule has 0 saturated heterocycles. The standard InChI is InChI=1S/C6H15N5.C4H6O2.ClH/c1-2-3-4-10-6(9)11-5(7)8;1-3(2)4(5)6;/h2-4H2,1H3,(H6,7,8,9,10,11);1H2,2H3,(H,5,6);1H. The number of carbonyl (C=O) groups is 1. The van der Waals surface area contributed by atoms with Gasteiger partial charge in [0.15, 0.2) is 11.9 Å². The van der Waals surface area contributed by atoms with Crippen LogP contribution in [0.5, 0.6) is 0 Å². The molecular weight excluding hydrogens is 258 g/mol. The molecular formula is C10H22ClN5O2. The number of carboxylic acid groups (broad SMARTS) is 1. The first-order chi connectivity index (χ1) is 7.81. The summed E-state index contributed by atoms with van der Waals surface area (Å²) in [5, 5.41) is 17.1. The Kier molecular flexibility index (Phi) is 15.9. The van der Waals surface area contributed by atoms with Crippen LogP contribution in [0.25, 0.3) is 0 Å². The second-order valence-corrected chi connectivity index (χ2v) is 3.24. The summed E-state index contributed by atoms with van der Waals surface area (Å²) in [4.78, 5) is 13.5. The van der Waals surface area contributed by atoms with E-state index in [2.05, 4.69) is 23.8 Å². The van der Waals surface area contributed by atoms with Crippen molar-refractivity contribution in [2.75, 3.05) is 6.54 Å². The number of halogens is 1. The Morgan fingerprint density at radius 2 is 1.94 bits per heavy atom. The summed E-state index contributed by atoms with van der Waals surface area (Å²) < 4.78 is 0. The molecule has 106 valence electrons. The molecule has 0 aliphatic heterocycles. The molecule has 0 unspecified atom stereocenters. The predicted octanol–water partition coefficient (Wildman–Crippen LogP) is 0.653. The number of aliphatic carboxylic acids is 1. The van der Waals surface area contributed by atoms with Crippen molar-refractivity contribution in [3.8, 4) is 0 Å². The van der Waals surface area contributed by atoms with Gasteiger partial charge >= 0.3 is 5.97 Å². The zero-order chi connectivity index (χ0) is 13.8. The van der Waals surface area contributed by atoms with Crippen LogP contribution in [0.1, 0.15) is 26.7 Å². The Morgan fingerprint density at radius 3 is 2.22 bits per heavy atom. The maximum absolute atomic E-state index is 9.60. The maximum Gasteiger partial charge on any atom is 0.330 e. The lowest BCUT2D eigenvalue weighted by atomic mass is 10.3. The molecule has 0 saturated carbocycles. The summed E-state index contributed by atoms with van der Waals surface area (Å²) >= 11 is 0. The lowest BCUT2D eigenvalue weighted by Crippen LogP contribution is -2.40. The average molecular weight is 280 g/mol. The van der Waals surface area contributed by atoms with Gasteiger partial charge in [-0.2, -0.15) is 0 Å². The lowest BCUT2D eigenvalue weighted by Gasteiger charge is -2.00. The Labute approximate surface area is 113 Å². The molecule has 0 amide bonds. The number of unbranched alkanes of at least 4 members (excludes halogenated alkanes) is 1. The fourth-order valence-corrected chi connectivity index (χ4v) is 0.535. The third-order valence-corrected chi connectivity index (χ3v) is 1.42. The van der Waals surface area contributed by atoms with E-state index in [0.717, 1.165) is 12.8 Å². The average Bonchev–Trinajstić information content (AvgIpc) is 2.17. The number of nitrogens with one attached hydrogen (secondary N) is 2. The second-order valence-electron chi connectivity index (χ2n) is 3.24. The van der Waals surface area contributed by atoms with E-state index in [1.807, 2.05) is 0 Å². The summed E-state index contributed by atoms with van der Waals surface area (Å²) in [6.45, 7) is 7.36. The molecule has 0 bridgehead atoms. The number of carboxylic acids is 1. The minimum Gasteiger partial charge on any atom is -0.478 e. The first kappa shape index (κ1) is 21.5. The Balaban J connectivity index is -0.000000277. The number of hydrogen-bond donors (Lipinski definition) is 5. The third kappa shape index (κ3) is 19.8. The molecule has 0 heterocycles. The van der Waals surface area contributed by atoms with E-state index in [9.17, 15) is 4.79 Å². The fourth-order valence-electron chi connectivity index (χ4n) is 0.535. The van der Waals surface area contributed by atoms with Crippen LogP contribution in [0.4, 0.5) is 0 Å². The van der Waals surface area contributed by atoms with Crippen LogP contribution in [0.15, 0.2) is 17.1 Å². The Morgan fingerprint density at radius 1 is 1.50 bits per heavy atom. The van der Waals surface area contributed by atoms with E-state index >= 15 is 0 Å². The predicted molar refractivity (Wildman–Crippen MR) is 76.1 cm³/mol. The van der Waals surface area contributed by atoms with E-state index in [0.29, 0.717) is 6.54 Å². The van der Waals surface area contributed by atoms with Crippen LogP contribution >= 0.6 is 12.4 Å². The zero-order valence-electron chi connectivity index (χ0n) is 10.7. The SMILES string of the molecule is C=C(C)C(=O)O.CCCCN=C(N)NC(=N)N.Cl. The summed E-state index contributed by atoms with van der Waals surface area (Å²) in [6.07, 6.45) is 2.08. The summed E-state index contributed by atoms with van der Waals surface area (Å²) in [5.41, 5.74) is 10.5. The van der Waals surface area contributed by atoms with Gasteiger partial charge in [-0.25, -0.2) is 4.79 Å². The minimum atomic E-state index is -0.935. The molecule has 0 aromatic carbocycles. The van der Waals surface area contributed by atoms with Gasteiger partial charge < -0.3 is 16.6 Å². The van der Waals surface area contributed by atoms with Gasteiger partial charge in [-0.15, -0.1) is 12.4 Å². The van der Waals surface area contributed by atoms with E-state index in [-0.39, 0.29) is 29.9 Å². The first-order valence-electron chi connectivity index (χ1n) is 5.11. The molecule has 0 aromatic heterocycles. The Bertz CT molecular complexity index is 293. The number of hydrogen-bond acceptors (Lipinski definition) is 3. The molecule has 0 rings (SSSR count). The topological polar surface area (TPSA) is 138 Å². The minimum absolute atomic E-state index is 0. The number of guanidine groups is 2. The molecule has 8 heteroatoms. The van der Waals surface area contributed by atoms with Crippen LogP contribution in [0, 0.1) is 5.41 Å². The summed E-state index contributed by atoms with van der Waals surface area (Å²) in [6, 6.07) is 0. The van der Waals surface area contributed by atoms with E-state index < -0.39 is 5.97 Å². The quantitative estimate of drug-likeness (QED) is 0.223. The highest BCUT2D eigenvalue weighted by Crippen LogP contribution is 1.85. The monoisotopic (exact) mass is 279 g/mol. The van der Waals surface area contributed by atoms with Gasteiger partial charge in [-0.3, -0.25) is 15.7 Å². The zero-order valence-corrected chi connectivity index (χ0v) is 11.5. The van der Waals surface area contributed by atoms with Crippen molar-refractivity contribution in [1.82, 2.24) is 5.32 Å². The highest BCUT2D eigenvalue weighted by Gasteiger charge is 1.90. The van der Waals surface area contributed by atoms with Crippen LogP contribution in [-0.2, 0) is 4.79 Å². The van der Waals surface area contributed by atoms with Crippen LogP contribution < -0.4 is 16.8 Å². The summed E-state index contributed by atoms with van der Waals surface area (Å²) in [7, 11) is 0. The van der Waals surface area contributed by atoms with Crippen molar-refractivity contribution >= 4 is 30.3 Å². The molecule has 7 nitrogen and oxygen atoms in total. The van der Waals surface area contributed by atoms with Gasteiger partial charge in [0, 0.05) is 12.1 Å². The number of aliphatic imine (C=N–C) groups is 1. The molecule has 0 spiro atoms. The van der Waals surface area contributed by atoms with Gasteiger partial charge in [0.2, 0.25) is 0 Å². The molecule has 18 heavy (non-hydrogen) atoms. The van der Waals surface area contributed by atoms with E-state index in [1.165, 1.54) is 6.92 Å². The van der Waals surface area contributed by atoms with Crippen molar-refractivity contribution in [2.45, 2.75) is 26.7 Å². The summed E-state index contributed by atoms with van der Waals surface area (Å²) in [5.74, 6) is -0.899. The molecule has 0 radical (unpaired) electrons. The maximum atomic E-state index is 9.60. The van der Waals surface area contributed by atoms with Crippen LogP contribution in [0.3, 0.4) is 0 Å². The molecule has 0 aromatic rings. The first-order valence-corrected chi connectivity index (χ1v) is 5.11. The lowest BCUT2D eigenvalue weighted by molar-refractivity contribution is -0.132. The van der Waals surface area contributed by atoms with Crippen molar-refractivity contribution in [3.05, 3.63) is 12.2 Å². The fraction of sp³-hybridized carbons (Fsp3) is 0.500. The number of nitrogens with zero attached hydrogens (tertiary/aromatic N) is 1. The van der Waals surface area contributed by atoms with Gasteiger partial charge in [0.25, 0.3) is 0 Å². The van der Waals surface area contributed by atoms with Crippen LogP contribution in [0.2, 0.25) is 0 Å². The van der Waals surface area contributed by atoms with Crippen molar-refractivity contribution in [1.29, 1.82) is 5.41 Å². The van der Waals surface area contributed by atoms with Crippen LogP contribution in [-0.4, -0.2) is 29.5 Å². The third-order valence-electron chi connectivity index (χ3n) is 1.42. The molecule has 0 fully saturated rings. The van der Waals surface area contributed by atoms with Gasteiger partial charge in [0.1, 0.15) is 0 Å². The Hall–Kier alpha value is -1.76. The van der Waals surface area contributed by atoms with Gasteiger partial charge in [0.05, 0.1) is 0 Å². The van der Waals surface area contributed by atoms with E-state index in [1.54, 1.807) is 0 Å². The van der Waals surface area contributed by atoms with Gasteiger partial charge in [-0.05, 0) is 13.3 Å². The highest BCUT2D eigenvalue weighted by atomic mass is 35.5. The van der Waals surface area contributed by atoms with Crippen molar-refractivity contribution in [2.24, 2.45) is 16.5 Å². The van der Waals surface area contributed by atoms with E-state index in [4.69, 9.17) is 22.0 Å². The second kappa shape index (κ2) is 13.3. The molecule has 0 aliphatic carbocycles. The molecule has 0 atom stereocenters. The highest BCUT2D eigenvalue weighted by molar-refractivity contribution is 5.95. The molecule has 7 N–H and O–H groups in total. The van der Waals surface area contributed by atoms with Gasteiger partial charge in [-0.1, -0.05) is 19.9 Å². The molecule has 0 aliphatic rings. The number of rotatable bonds is 4. The largest absolute Gasteiger partial charge is 0.478 e. The smallest absolute Gasteiger partial charge is 0.330 e. The number of nitrogens with two attached hydrogens (primary N) is 2.